The van der Waals surface area contributed by atoms with E-state index in [1.807, 2.05) is 17.9 Å². The summed E-state index contributed by atoms with van der Waals surface area (Å²) < 4.78 is 0. The first kappa shape index (κ1) is 29.4. The summed E-state index contributed by atoms with van der Waals surface area (Å²) in [5, 5.41) is 15.6. The van der Waals surface area contributed by atoms with Gasteiger partial charge < -0.3 is 26.2 Å². The maximum Gasteiger partial charge on any atom is 0.259 e. The predicted molar refractivity (Wildman–Crippen MR) is 144 cm³/mol. The molecule has 0 spiro atoms. The van der Waals surface area contributed by atoms with E-state index in [1.54, 1.807) is 55.4 Å². The number of nitrogens with zero attached hydrogens (tertiary/aromatic N) is 4. The number of carbonyl (C=O) groups is 4. The van der Waals surface area contributed by atoms with Crippen molar-refractivity contribution in [1.29, 1.82) is 5.26 Å². The standard InChI is InChI=1S/C25H33N7O4S/c1-4-30(3)25(36)22(37-17-19(15-26)24(27)35)8-9-28-20-6-5-7-21(14-20)29-23(34)16-31-10-12-32(13-11-31)18(2)33/h5-9,14,17,22,28H,4,10-13,16H2,1-3H3,(H2,27,35)(H,29,34)/b9-8?,19-17-. The van der Waals surface area contributed by atoms with Gasteiger partial charge >= 0.3 is 0 Å². The van der Waals surface area contributed by atoms with E-state index in [4.69, 9.17) is 11.0 Å². The van der Waals surface area contributed by atoms with Crippen LogP contribution in [0.4, 0.5) is 11.4 Å². The molecule has 1 heterocycles. The van der Waals surface area contributed by atoms with Gasteiger partial charge in [0.1, 0.15) is 16.9 Å². The quantitative estimate of drug-likeness (QED) is 0.287. The molecule has 0 radical (unpaired) electrons. The third-order valence-corrected chi connectivity index (χ3v) is 6.69. The highest BCUT2D eigenvalue weighted by molar-refractivity contribution is 8.03. The number of primary amides is 1. The van der Waals surface area contributed by atoms with Crippen LogP contribution in [0.3, 0.4) is 0 Å². The highest BCUT2D eigenvalue weighted by atomic mass is 32.2. The molecule has 0 saturated carbocycles. The van der Waals surface area contributed by atoms with Crippen molar-refractivity contribution in [2.75, 3.05) is 56.9 Å². The van der Waals surface area contributed by atoms with Crippen LogP contribution in [-0.2, 0) is 19.2 Å². The first-order valence-corrected chi connectivity index (χ1v) is 12.7. The van der Waals surface area contributed by atoms with Crippen LogP contribution in [0.1, 0.15) is 13.8 Å². The molecule has 1 aliphatic rings. The number of nitrogens with one attached hydrogen (secondary N) is 2. The highest BCUT2D eigenvalue weighted by Crippen LogP contribution is 2.20. The number of carbonyl (C=O) groups excluding carboxylic acids is 4. The van der Waals surface area contributed by atoms with E-state index in [-0.39, 0.29) is 29.8 Å². The summed E-state index contributed by atoms with van der Waals surface area (Å²) in [7, 11) is 1.66. The van der Waals surface area contributed by atoms with E-state index in [2.05, 4.69) is 10.6 Å². The van der Waals surface area contributed by atoms with Crippen molar-refractivity contribution in [3.05, 3.63) is 47.5 Å². The third kappa shape index (κ3) is 9.63. The van der Waals surface area contributed by atoms with E-state index in [0.29, 0.717) is 44.1 Å². The largest absolute Gasteiger partial charge is 0.365 e. The molecular formula is C25H33N7O4S. The summed E-state index contributed by atoms with van der Waals surface area (Å²) >= 11 is 1.01. The lowest BCUT2D eigenvalue weighted by Gasteiger charge is -2.33. The van der Waals surface area contributed by atoms with Crippen molar-refractivity contribution in [1.82, 2.24) is 14.7 Å². The SMILES string of the molecule is CCN(C)C(=O)C(C=CNc1cccc(NC(=O)CN2CCN(C(C)=O)CC2)c1)S/C=C(/C#N)C(N)=O. The lowest BCUT2D eigenvalue weighted by molar-refractivity contribution is -0.131. The Kier molecular flexibility index (Phi) is 11.7. The van der Waals surface area contributed by atoms with E-state index in [1.165, 1.54) is 10.3 Å². The first-order chi connectivity index (χ1) is 17.6. The summed E-state index contributed by atoms with van der Waals surface area (Å²) in [6.45, 7) is 6.64. The van der Waals surface area contributed by atoms with Gasteiger partial charge in [-0.25, -0.2) is 0 Å². The Hall–Kier alpha value is -3.82. The molecule has 1 aromatic carbocycles. The molecule has 11 nitrogen and oxygen atoms in total. The minimum Gasteiger partial charge on any atom is -0.365 e. The Bertz CT molecular complexity index is 1090. The fraction of sp³-hybridized carbons (Fsp3) is 0.400. The molecule has 1 atom stereocenters. The lowest BCUT2D eigenvalue weighted by Crippen LogP contribution is -2.49. The lowest BCUT2D eigenvalue weighted by atomic mass is 10.2. The summed E-state index contributed by atoms with van der Waals surface area (Å²) in [5.74, 6) is -1.16. The molecule has 1 unspecified atom stereocenters. The minimum atomic E-state index is -0.857. The monoisotopic (exact) mass is 527 g/mol. The van der Waals surface area contributed by atoms with Gasteiger partial charge in [0.25, 0.3) is 5.91 Å². The van der Waals surface area contributed by atoms with E-state index in [0.717, 1.165) is 11.8 Å². The molecule has 1 aliphatic heterocycles. The Labute approximate surface area is 221 Å². The number of nitrogens with two attached hydrogens (primary N) is 1. The number of hydrogen-bond donors (Lipinski definition) is 3. The second-order valence-electron chi connectivity index (χ2n) is 8.33. The van der Waals surface area contributed by atoms with Crippen LogP contribution >= 0.6 is 11.8 Å². The Morgan fingerprint density at radius 2 is 1.89 bits per heavy atom. The normalized spacial score (nSPS) is 15.1. The number of piperazine rings is 1. The summed E-state index contributed by atoms with van der Waals surface area (Å²) in [5.41, 5.74) is 6.25. The Balaban J connectivity index is 1.98. The minimum absolute atomic E-state index is 0.0446. The topological polar surface area (TPSA) is 152 Å². The molecule has 0 aliphatic carbocycles. The van der Waals surface area contributed by atoms with E-state index in [9.17, 15) is 19.2 Å². The second kappa shape index (κ2) is 14.7. The van der Waals surface area contributed by atoms with Gasteiger partial charge in [-0.2, -0.15) is 5.26 Å². The average molecular weight is 528 g/mol. The molecule has 2 rings (SSSR count). The van der Waals surface area contributed by atoms with Gasteiger partial charge in [-0.05, 0) is 42.8 Å². The van der Waals surface area contributed by atoms with E-state index >= 15 is 0 Å². The maximum atomic E-state index is 12.7. The number of benzene rings is 1. The van der Waals surface area contributed by atoms with Gasteiger partial charge in [-0.3, -0.25) is 24.1 Å². The molecule has 0 bridgehead atoms. The predicted octanol–water partition coefficient (Wildman–Crippen LogP) is 1.19. The first-order valence-electron chi connectivity index (χ1n) is 11.8. The number of amides is 4. The molecule has 1 saturated heterocycles. The molecule has 198 valence electrons. The van der Waals surface area contributed by atoms with Gasteiger partial charge in [0.05, 0.1) is 6.54 Å². The summed E-state index contributed by atoms with van der Waals surface area (Å²) in [4.78, 5) is 53.3. The fourth-order valence-electron chi connectivity index (χ4n) is 3.38. The van der Waals surface area contributed by atoms with Crippen LogP contribution in [0, 0.1) is 11.3 Å². The maximum absolute atomic E-state index is 12.7. The van der Waals surface area contributed by atoms with Crippen molar-refractivity contribution in [3.8, 4) is 6.07 Å². The number of anilines is 2. The summed E-state index contributed by atoms with van der Waals surface area (Å²) in [6, 6.07) is 8.86. The van der Waals surface area contributed by atoms with Crippen molar-refractivity contribution < 1.29 is 19.2 Å². The molecule has 4 N–H and O–H groups in total. The van der Waals surface area contributed by atoms with Crippen molar-refractivity contribution >= 4 is 46.8 Å². The summed E-state index contributed by atoms with van der Waals surface area (Å²) in [6.07, 6.45) is 3.22. The third-order valence-electron chi connectivity index (χ3n) is 5.66. The molecule has 1 fully saturated rings. The van der Waals surface area contributed by atoms with Crippen LogP contribution in [-0.4, -0.2) is 89.9 Å². The Morgan fingerprint density at radius 3 is 2.49 bits per heavy atom. The number of thioether (sulfide) groups is 1. The zero-order chi connectivity index (χ0) is 27.4. The van der Waals surface area contributed by atoms with Gasteiger partial charge in [0.2, 0.25) is 17.7 Å². The highest BCUT2D eigenvalue weighted by Gasteiger charge is 2.21. The zero-order valence-electron chi connectivity index (χ0n) is 21.3. The number of hydrogen-bond acceptors (Lipinski definition) is 8. The van der Waals surface area contributed by atoms with Gasteiger partial charge in [-0.15, -0.1) is 11.8 Å². The van der Waals surface area contributed by atoms with Crippen LogP contribution in [0.25, 0.3) is 0 Å². The molecular weight excluding hydrogens is 494 g/mol. The Morgan fingerprint density at radius 1 is 1.22 bits per heavy atom. The van der Waals surface area contributed by atoms with Crippen molar-refractivity contribution in [3.63, 3.8) is 0 Å². The van der Waals surface area contributed by atoms with E-state index < -0.39 is 11.2 Å². The smallest absolute Gasteiger partial charge is 0.259 e. The van der Waals surface area contributed by atoms with Gasteiger partial charge in [0.15, 0.2) is 0 Å². The van der Waals surface area contributed by atoms with Crippen molar-refractivity contribution in [2.45, 2.75) is 19.1 Å². The number of nitriles is 1. The second-order valence-corrected chi connectivity index (χ2v) is 9.35. The zero-order valence-corrected chi connectivity index (χ0v) is 22.1. The molecule has 37 heavy (non-hydrogen) atoms. The van der Waals surface area contributed by atoms with Gasteiger partial charge in [-0.1, -0.05) is 6.07 Å². The van der Waals surface area contributed by atoms with Gasteiger partial charge in [0, 0.05) is 58.1 Å². The average Bonchev–Trinajstić information content (AvgIpc) is 2.87. The molecule has 0 aromatic heterocycles. The fourth-order valence-corrected chi connectivity index (χ4v) is 4.30. The number of rotatable bonds is 11. The van der Waals surface area contributed by atoms with Crippen molar-refractivity contribution in [2.24, 2.45) is 5.73 Å². The molecule has 4 amide bonds. The molecule has 1 aromatic rings. The van der Waals surface area contributed by atoms with Crippen LogP contribution in [0.2, 0.25) is 0 Å². The van der Waals surface area contributed by atoms with Crippen LogP contribution in [0.15, 0.2) is 47.5 Å². The molecule has 12 heteroatoms. The van der Waals surface area contributed by atoms with Crippen LogP contribution in [0.5, 0.6) is 0 Å². The van der Waals surface area contributed by atoms with Crippen LogP contribution < -0.4 is 16.4 Å².